The second-order valence-corrected chi connectivity index (χ2v) is 4.19. The highest BCUT2D eigenvalue weighted by atomic mass is 16.6. The minimum absolute atomic E-state index is 0.143. The first-order valence-electron chi connectivity index (χ1n) is 5.64. The highest BCUT2D eigenvalue weighted by Crippen LogP contribution is 2.24. The zero-order valence-electron chi connectivity index (χ0n) is 10.7. The number of aliphatic hydroxyl groups is 1. The van der Waals surface area contributed by atoms with Gasteiger partial charge in [-0.1, -0.05) is 0 Å². The molecule has 2 N–H and O–H groups in total. The molecule has 6 nitrogen and oxygen atoms in total. The Morgan fingerprint density at radius 3 is 2.35 bits per heavy atom. The summed E-state index contributed by atoms with van der Waals surface area (Å²) in [5, 5.41) is 12.0. The van der Waals surface area contributed by atoms with Gasteiger partial charge in [0.15, 0.2) is 0 Å². The zero-order valence-corrected chi connectivity index (χ0v) is 10.7. The Balaban J connectivity index is 2.86. The van der Waals surface area contributed by atoms with Gasteiger partial charge >= 0.3 is 0 Å². The Bertz CT molecular complexity index is 260. The molecule has 0 aliphatic carbocycles. The van der Waals surface area contributed by atoms with E-state index in [1.54, 1.807) is 7.11 Å². The molecule has 1 aliphatic heterocycles. The highest BCUT2D eigenvalue weighted by Gasteiger charge is 2.44. The highest BCUT2D eigenvalue weighted by molar-refractivity contribution is 5.73. The standard InChI is InChI=1S/C11H21NO5/c1-6-9(12-7(2)14)11(16-4)10(15-3)8(5-13)17-6/h6,8-11,13H,5H2,1-4H3,(H,12,14)/t6-,8?,9?,10-,11-/m1/s1. The van der Waals surface area contributed by atoms with Crippen LogP contribution in [0.4, 0.5) is 0 Å². The molecule has 0 aromatic rings. The minimum atomic E-state index is -0.440. The first kappa shape index (κ1) is 14.4. The van der Waals surface area contributed by atoms with Crippen LogP contribution in [0.25, 0.3) is 0 Å². The number of hydrogen-bond acceptors (Lipinski definition) is 5. The fraction of sp³-hybridized carbons (Fsp3) is 0.909. The third kappa shape index (κ3) is 3.16. The van der Waals surface area contributed by atoms with Crippen LogP contribution in [0.3, 0.4) is 0 Å². The summed E-state index contributed by atoms with van der Waals surface area (Å²) in [7, 11) is 3.08. The third-order valence-electron chi connectivity index (χ3n) is 3.03. The van der Waals surface area contributed by atoms with E-state index in [1.807, 2.05) is 6.92 Å². The Morgan fingerprint density at radius 1 is 1.35 bits per heavy atom. The zero-order chi connectivity index (χ0) is 13.0. The van der Waals surface area contributed by atoms with Crippen molar-refractivity contribution in [2.24, 2.45) is 0 Å². The van der Waals surface area contributed by atoms with Crippen LogP contribution >= 0.6 is 0 Å². The molecule has 17 heavy (non-hydrogen) atoms. The number of hydrogen-bond donors (Lipinski definition) is 2. The summed E-state index contributed by atoms with van der Waals surface area (Å²) in [4.78, 5) is 11.2. The van der Waals surface area contributed by atoms with Gasteiger partial charge in [-0.25, -0.2) is 0 Å². The van der Waals surface area contributed by atoms with Crippen molar-refractivity contribution in [1.82, 2.24) is 5.32 Å². The van der Waals surface area contributed by atoms with Crippen LogP contribution in [0, 0.1) is 0 Å². The molecule has 1 saturated heterocycles. The fourth-order valence-corrected chi connectivity index (χ4v) is 2.27. The summed E-state index contributed by atoms with van der Waals surface area (Å²) in [6, 6.07) is -0.287. The van der Waals surface area contributed by atoms with Crippen molar-refractivity contribution < 1.29 is 24.1 Å². The number of amides is 1. The van der Waals surface area contributed by atoms with Gasteiger partial charge in [0.2, 0.25) is 5.91 Å². The Hall–Kier alpha value is -0.690. The van der Waals surface area contributed by atoms with E-state index in [9.17, 15) is 9.90 Å². The quantitative estimate of drug-likeness (QED) is 0.687. The molecule has 1 heterocycles. The fourth-order valence-electron chi connectivity index (χ4n) is 2.27. The SMILES string of the molecule is CO[C@@H]1C(CO)O[C@H](C)C(NC(C)=O)[C@H]1OC. The van der Waals surface area contributed by atoms with Gasteiger partial charge in [0.05, 0.1) is 18.8 Å². The van der Waals surface area contributed by atoms with Gasteiger partial charge in [0, 0.05) is 21.1 Å². The topological polar surface area (TPSA) is 77.0 Å². The Labute approximate surface area is 101 Å². The van der Waals surface area contributed by atoms with Crippen molar-refractivity contribution in [2.45, 2.75) is 44.3 Å². The molecule has 0 aromatic carbocycles. The molecule has 0 aromatic heterocycles. The lowest BCUT2D eigenvalue weighted by Gasteiger charge is -2.44. The largest absolute Gasteiger partial charge is 0.394 e. The van der Waals surface area contributed by atoms with Crippen LogP contribution in [-0.2, 0) is 19.0 Å². The van der Waals surface area contributed by atoms with Gasteiger partial charge in [0.1, 0.15) is 18.3 Å². The maximum Gasteiger partial charge on any atom is 0.217 e. The summed E-state index contributed by atoms with van der Waals surface area (Å²) in [5.41, 5.74) is 0. The van der Waals surface area contributed by atoms with E-state index < -0.39 is 12.2 Å². The molecule has 1 amide bonds. The van der Waals surface area contributed by atoms with Gasteiger partial charge in [-0.3, -0.25) is 4.79 Å². The lowest BCUT2D eigenvalue weighted by molar-refractivity contribution is -0.206. The van der Waals surface area contributed by atoms with Gasteiger partial charge in [0.25, 0.3) is 0 Å². The van der Waals surface area contributed by atoms with Crippen LogP contribution in [0.15, 0.2) is 0 Å². The number of rotatable bonds is 4. The Kier molecular flexibility index (Phi) is 5.32. The molecular weight excluding hydrogens is 226 g/mol. The number of carbonyl (C=O) groups is 1. The molecule has 0 spiro atoms. The average molecular weight is 247 g/mol. The van der Waals surface area contributed by atoms with Gasteiger partial charge in [-0.15, -0.1) is 0 Å². The molecular formula is C11H21NO5. The Morgan fingerprint density at radius 2 is 1.94 bits per heavy atom. The summed E-state index contributed by atoms with van der Waals surface area (Å²) in [5.74, 6) is -0.148. The molecule has 0 bridgehead atoms. The predicted octanol–water partition coefficient (Wildman–Crippen LogP) is -0.699. The van der Waals surface area contributed by atoms with E-state index in [2.05, 4.69) is 5.32 Å². The van der Waals surface area contributed by atoms with Crippen LogP contribution < -0.4 is 5.32 Å². The molecule has 6 heteroatoms. The van der Waals surface area contributed by atoms with Crippen molar-refractivity contribution in [3.63, 3.8) is 0 Å². The van der Waals surface area contributed by atoms with Crippen LogP contribution in [-0.4, -0.2) is 62.3 Å². The minimum Gasteiger partial charge on any atom is -0.394 e. The van der Waals surface area contributed by atoms with E-state index in [0.717, 1.165) is 0 Å². The van der Waals surface area contributed by atoms with Gasteiger partial charge < -0.3 is 24.6 Å². The van der Waals surface area contributed by atoms with E-state index in [4.69, 9.17) is 14.2 Å². The number of aliphatic hydroxyl groups excluding tert-OH is 1. The van der Waals surface area contributed by atoms with E-state index in [0.29, 0.717) is 0 Å². The molecule has 1 rings (SSSR count). The molecule has 0 saturated carbocycles. The first-order valence-corrected chi connectivity index (χ1v) is 5.64. The molecule has 1 fully saturated rings. The number of nitrogens with one attached hydrogen (secondary N) is 1. The van der Waals surface area contributed by atoms with E-state index in [-0.39, 0.29) is 30.8 Å². The monoisotopic (exact) mass is 247 g/mol. The predicted molar refractivity (Wildman–Crippen MR) is 60.6 cm³/mol. The summed E-state index contributed by atoms with van der Waals surface area (Å²) >= 11 is 0. The van der Waals surface area contributed by atoms with E-state index in [1.165, 1.54) is 14.0 Å². The smallest absolute Gasteiger partial charge is 0.217 e. The van der Waals surface area contributed by atoms with Crippen molar-refractivity contribution in [2.75, 3.05) is 20.8 Å². The molecule has 2 unspecified atom stereocenters. The maximum atomic E-state index is 11.2. The number of methoxy groups -OCH3 is 2. The second kappa shape index (κ2) is 6.30. The number of carbonyl (C=O) groups excluding carboxylic acids is 1. The molecule has 100 valence electrons. The average Bonchev–Trinajstić information content (AvgIpc) is 2.30. The van der Waals surface area contributed by atoms with E-state index >= 15 is 0 Å². The van der Waals surface area contributed by atoms with Crippen LogP contribution in [0.5, 0.6) is 0 Å². The molecule has 5 atom stereocenters. The lowest BCUT2D eigenvalue weighted by atomic mass is 9.93. The normalized spacial score (nSPS) is 37.8. The van der Waals surface area contributed by atoms with Gasteiger partial charge in [-0.05, 0) is 6.92 Å². The maximum absolute atomic E-state index is 11.2. The second-order valence-electron chi connectivity index (χ2n) is 4.19. The lowest BCUT2D eigenvalue weighted by Crippen LogP contribution is -2.64. The third-order valence-corrected chi connectivity index (χ3v) is 3.03. The summed E-state index contributed by atoms with van der Waals surface area (Å²) in [6.07, 6.45) is -1.43. The van der Waals surface area contributed by atoms with Crippen LogP contribution in [0.2, 0.25) is 0 Å². The van der Waals surface area contributed by atoms with Crippen molar-refractivity contribution in [1.29, 1.82) is 0 Å². The van der Waals surface area contributed by atoms with Crippen LogP contribution in [0.1, 0.15) is 13.8 Å². The number of ether oxygens (including phenoxy) is 3. The molecule has 1 aliphatic rings. The van der Waals surface area contributed by atoms with Crippen molar-refractivity contribution in [3.05, 3.63) is 0 Å². The molecule has 0 radical (unpaired) electrons. The first-order chi connectivity index (χ1) is 8.04. The van der Waals surface area contributed by atoms with Crippen molar-refractivity contribution >= 4 is 5.91 Å². The summed E-state index contributed by atoms with van der Waals surface area (Å²) in [6.45, 7) is 3.13. The van der Waals surface area contributed by atoms with Gasteiger partial charge in [-0.2, -0.15) is 0 Å². The van der Waals surface area contributed by atoms with Crippen molar-refractivity contribution in [3.8, 4) is 0 Å². The summed E-state index contributed by atoms with van der Waals surface area (Å²) < 4.78 is 16.3.